The Morgan fingerprint density at radius 3 is 2.35 bits per heavy atom. The number of hydrogen-bond donors (Lipinski definition) is 2. The molecule has 4 fully saturated rings. The topological polar surface area (TPSA) is 94.2 Å². The molecule has 1 spiro atoms. The van der Waals surface area contributed by atoms with Crippen LogP contribution in [0, 0.1) is 11.8 Å². The Bertz CT molecular complexity index is 1440. The lowest BCUT2D eigenvalue weighted by molar-refractivity contribution is -0.141. The van der Waals surface area contributed by atoms with Crippen molar-refractivity contribution in [3.8, 4) is 0 Å². The van der Waals surface area contributed by atoms with Gasteiger partial charge in [0.1, 0.15) is 11.6 Å². The van der Waals surface area contributed by atoms with Gasteiger partial charge in [-0.3, -0.25) is 19.3 Å². The van der Waals surface area contributed by atoms with Crippen molar-refractivity contribution in [3.05, 3.63) is 77.3 Å². The predicted octanol–water partition coefficient (Wildman–Crippen LogP) is 4.09. The summed E-state index contributed by atoms with van der Waals surface area (Å²) in [6, 6.07) is 16.8. The molecule has 2 N–H and O–H groups in total. The number of nitrogens with one attached hydrogen (secondary N) is 2. The largest absolute Gasteiger partial charge is 0.359 e. The molecule has 3 amide bonds. The number of nitrogens with zero attached hydrogens (tertiary/aromatic N) is 3. The van der Waals surface area contributed by atoms with Gasteiger partial charge in [-0.1, -0.05) is 73.3 Å². The van der Waals surface area contributed by atoms with Crippen molar-refractivity contribution in [2.75, 3.05) is 44.6 Å². The Morgan fingerprint density at radius 2 is 1.61 bits per heavy atom. The van der Waals surface area contributed by atoms with Crippen molar-refractivity contribution in [2.24, 2.45) is 11.8 Å². The zero-order valence-electron chi connectivity index (χ0n) is 26.3. The van der Waals surface area contributed by atoms with Crippen molar-refractivity contribution >= 4 is 35.0 Å². The van der Waals surface area contributed by atoms with Gasteiger partial charge in [0.25, 0.3) is 0 Å². The van der Waals surface area contributed by atoms with Gasteiger partial charge in [0.05, 0.1) is 17.9 Å². The van der Waals surface area contributed by atoms with Gasteiger partial charge in [0, 0.05) is 56.0 Å². The zero-order chi connectivity index (χ0) is 31.7. The number of ether oxygens (including phenoxy) is 1. The number of carbonyl (C=O) groups is 3. The molecule has 2 aromatic carbocycles. The molecule has 0 radical (unpaired) electrons. The monoisotopic (exact) mass is 645 g/mol. The molecule has 1 saturated carbocycles. The lowest BCUT2D eigenvalue weighted by Crippen LogP contribution is -2.56. The number of rotatable bonds is 10. The normalized spacial score (nSPS) is 29.7. The minimum absolute atomic E-state index is 0.104. The summed E-state index contributed by atoms with van der Waals surface area (Å²) in [5, 5.41) is 6.82. The fraction of sp³-hybridized carbons (Fsp3) is 0.528. The van der Waals surface area contributed by atoms with Crippen LogP contribution in [0.15, 0.2) is 66.7 Å². The molecule has 4 heterocycles. The van der Waals surface area contributed by atoms with E-state index in [1.165, 1.54) is 12.0 Å². The van der Waals surface area contributed by atoms with Crippen LogP contribution in [0.1, 0.15) is 44.1 Å². The molecule has 2 bridgehead atoms. The second-order valence-electron chi connectivity index (χ2n) is 13.5. The van der Waals surface area contributed by atoms with Crippen LogP contribution < -0.4 is 10.6 Å². The number of halogens is 1. The summed E-state index contributed by atoms with van der Waals surface area (Å²) in [6.07, 6.45) is 9.22. The maximum atomic E-state index is 14.3. The Hall–Kier alpha value is -3.24. The first-order valence-electron chi connectivity index (χ1n) is 16.9. The maximum Gasteiger partial charge on any atom is 0.246 e. The molecule has 2 aromatic rings. The molecular formula is C36H44ClN5O4. The standard InChI is InChI=1S/C36H44ClN5O4/c37-26-12-14-28(15-13-26)38-33(43)30-29-16-17-36(46-29)31(30)35(45)42(32(36)34(44)39-27-10-5-2-6-11-27)19-7-18-40-20-22-41(23-21-40)24-25-8-3-1-4-9-25/h1,3-4,8-9,12-17,27,29-32H,2,5-7,10-11,18-24H2,(H,38,43)(H,39,44). The smallest absolute Gasteiger partial charge is 0.246 e. The van der Waals surface area contributed by atoms with Gasteiger partial charge in [-0.05, 0) is 55.6 Å². The van der Waals surface area contributed by atoms with E-state index >= 15 is 0 Å². The molecule has 5 unspecified atom stereocenters. The van der Waals surface area contributed by atoms with Crippen LogP contribution in [-0.2, 0) is 25.7 Å². The van der Waals surface area contributed by atoms with Crippen LogP contribution in [0.5, 0.6) is 0 Å². The number of likely N-dealkylation sites (tertiary alicyclic amines) is 1. The summed E-state index contributed by atoms with van der Waals surface area (Å²) in [5.41, 5.74) is 0.787. The highest BCUT2D eigenvalue weighted by Crippen LogP contribution is 2.55. The first-order chi connectivity index (χ1) is 22.4. The highest BCUT2D eigenvalue weighted by atomic mass is 35.5. The van der Waals surface area contributed by atoms with Gasteiger partial charge in [0.15, 0.2) is 0 Å². The van der Waals surface area contributed by atoms with Gasteiger partial charge >= 0.3 is 0 Å². The predicted molar refractivity (Wildman–Crippen MR) is 177 cm³/mol. The van der Waals surface area contributed by atoms with Crippen molar-refractivity contribution in [2.45, 2.75) is 68.9 Å². The molecule has 5 atom stereocenters. The molecule has 1 aliphatic carbocycles. The van der Waals surface area contributed by atoms with Crippen molar-refractivity contribution in [3.63, 3.8) is 0 Å². The summed E-state index contributed by atoms with van der Waals surface area (Å²) in [5.74, 6) is -2.08. The van der Waals surface area contributed by atoms with E-state index in [9.17, 15) is 14.4 Å². The Balaban J connectivity index is 1.04. The Morgan fingerprint density at radius 1 is 0.891 bits per heavy atom. The average Bonchev–Trinajstić information content (AvgIpc) is 3.71. The molecule has 244 valence electrons. The Labute approximate surface area is 276 Å². The first-order valence-corrected chi connectivity index (χ1v) is 17.3. The highest BCUT2D eigenvalue weighted by Gasteiger charge is 2.72. The third-order valence-corrected chi connectivity index (χ3v) is 10.8. The second-order valence-corrected chi connectivity index (χ2v) is 14.0. The molecule has 5 aliphatic rings. The van der Waals surface area contributed by atoms with Crippen molar-refractivity contribution < 1.29 is 19.1 Å². The molecule has 10 heteroatoms. The van der Waals surface area contributed by atoms with Crippen LogP contribution in [0.2, 0.25) is 5.02 Å². The van der Waals surface area contributed by atoms with Gasteiger partial charge in [-0.25, -0.2) is 0 Å². The van der Waals surface area contributed by atoms with Gasteiger partial charge in [-0.15, -0.1) is 0 Å². The summed E-state index contributed by atoms with van der Waals surface area (Å²) < 4.78 is 6.52. The van der Waals surface area contributed by atoms with Crippen LogP contribution in [0.4, 0.5) is 5.69 Å². The third kappa shape index (κ3) is 6.22. The number of anilines is 1. The first kappa shape index (κ1) is 31.4. The summed E-state index contributed by atoms with van der Waals surface area (Å²) >= 11 is 6.04. The molecule has 3 saturated heterocycles. The minimum atomic E-state index is -1.15. The molecule has 4 aliphatic heterocycles. The highest BCUT2D eigenvalue weighted by molar-refractivity contribution is 6.30. The number of hydrogen-bond acceptors (Lipinski definition) is 6. The fourth-order valence-electron chi connectivity index (χ4n) is 8.27. The molecular weight excluding hydrogens is 602 g/mol. The van der Waals surface area contributed by atoms with E-state index in [0.29, 0.717) is 17.3 Å². The van der Waals surface area contributed by atoms with Crippen LogP contribution in [-0.4, -0.2) is 95.5 Å². The third-order valence-electron chi connectivity index (χ3n) is 10.6. The number of fused-ring (bicyclic) bond motifs is 1. The van der Waals surface area contributed by atoms with Gasteiger partial charge < -0.3 is 25.2 Å². The quantitative estimate of drug-likeness (QED) is 0.378. The number of benzene rings is 2. The molecule has 46 heavy (non-hydrogen) atoms. The van der Waals surface area contributed by atoms with E-state index in [1.807, 2.05) is 18.2 Å². The number of amides is 3. The van der Waals surface area contributed by atoms with E-state index < -0.39 is 29.6 Å². The van der Waals surface area contributed by atoms with Crippen LogP contribution in [0.25, 0.3) is 0 Å². The lowest BCUT2D eigenvalue weighted by atomic mass is 9.74. The molecule has 9 nitrogen and oxygen atoms in total. The second kappa shape index (κ2) is 13.5. The Kier molecular flexibility index (Phi) is 9.19. The van der Waals surface area contributed by atoms with E-state index in [1.54, 1.807) is 29.2 Å². The van der Waals surface area contributed by atoms with Gasteiger partial charge in [-0.2, -0.15) is 0 Å². The number of carbonyl (C=O) groups excluding carboxylic acids is 3. The molecule has 0 aromatic heterocycles. The summed E-state index contributed by atoms with van der Waals surface area (Å²) in [7, 11) is 0. The van der Waals surface area contributed by atoms with Crippen molar-refractivity contribution in [1.29, 1.82) is 0 Å². The van der Waals surface area contributed by atoms with E-state index in [4.69, 9.17) is 16.3 Å². The fourth-order valence-corrected chi connectivity index (χ4v) is 8.40. The maximum absolute atomic E-state index is 14.3. The summed E-state index contributed by atoms with van der Waals surface area (Å²) in [6.45, 7) is 6.19. The average molecular weight is 646 g/mol. The van der Waals surface area contributed by atoms with Gasteiger partial charge in [0.2, 0.25) is 17.7 Å². The van der Waals surface area contributed by atoms with Crippen LogP contribution in [0.3, 0.4) is 0 Å². The lowest BCUT2D eigenvalue weighted by Gasteiger charge is -2.36. The van der Waals surface area contributed by atoms with Crippen molar-refractivity contribution in [1.82, 2.24) is 20.0 Å². The van der Waals surface area contributed by atoms with E-state index in [0.717, 1.165) is 71.4 Å². The minimum Gasteiger partial charge on any atom is -0.359 e. The molecule has 7 rings (SSSR count). The number of piperazine rings is 1. The van der Waals surface area contributed by atoms with E-state index in [2.05, 4.69) is 44.7 Å². The SMILES string of the molecule is O=C(Nc1ccc(Cl)cc1)C1C2C=CC3(O2)C1C(=O)N(CCCN1CCN(Cc2ccccc2)CC1)C3C(=O)NC1CCCCC1. The van der Waals surface area contributed by atoms with Crippen LogP contribution >= 0.6 is 11.6 Å². The van der Waals surface area contributed by atoms with E-state index in [-0.39, 0.29) is 23.8 Å². The summed E-state index contributed by atoms with van der Waals surface area (Å²) in [4.78, 5) is 48.8. The zero-order valence-corrected chi connectivity index (χ0v) is 27.0.